The van der Waals surface area contributed by atoms with E-state index in [1.54, 1.807) is 0 Å². The monoisotopic (exact) mass is 522 g/mol. The fourth-order valence-corrected chi connectivity index (χ4v) is 3.50. The quantitative estimate of drug-likeness (QED) is 0.247. The van der Waals surface area contributed by atoms with Crippen LogP contribution in [0.4, 0.5) is 30.7 Å². The van der Waals surface area contributed by atoms with Crippen molar-refractivity contribution in [2.45, 2.75) is 12.4 Å². The topological polar surface area (TPSA) is 80.9 Å². The molecular formula is C24H13F7N4O2. The molecule has 0 atom stereocenters. The highest BCUT2D eigenvalue weighted by Gasteiger charge is 2.37. The molecule has 0 aliphatic heterocycles. The summed E-state index contributed by atoms with van der Waals surface area (Å²) in [7, 11) is 0. The molecule has 37 heavy (non-hydrogen) atoms. The standard InChI is InChI=1S/C24H13F7N4O2/c25-14-9-13(10-32-11-14)17(22(36)37)12-35-21(16-6-2-4-8-19(16)24(29,30)31)33-20(34-35)15-5-1-3-7-18(15)23(26,27)28/h1-12H,(H,36,37). The highest BCUT2D eigenvalue weighted by atomic mass is 19.4. The SMILES string of the molecule is O=C(O)C(=Cn1nc(-c2ccccc2C(F)(F)F)nc1-c1ccccc1C(F)(F)F)c1cncc(F)c1. The summed E-state index contributed by atoms with van der Waals surface area (Å²) in [5.74, 6) is -3.73. The number of rotatable bonds is 5. The number of carboxylic acids is 1. The second kappa shape index (κ2) is 9.48. The van der Waals surface area contributed by atoms with Gasteiger partial charge in [0.2, 0.25) is 0 Å². The number of benzene rings is 2. The molecule has 2 heterocycles. The third-order valence-corrected chi connectivity index (χ3v) is 5.08. The Morgan fingerprint density at radius 3 is 2.00 bits per heavy atom. The molecule has 190 valence electrons. The van der Waals surface area contributed by atoms with Gasteiger partial charge in [0.25, 0.3) is 0 Å². The first-order chi connectivity index (χ1) is 17.4. The number of carboxylic acid groups (broad SMARTS) is 1. The van der Waals surface area contributed by atoms with Crippen molar-refractivity contribution < 1.29 is 40.6 Å². The van der Waals surface area contributed by atoms with E-state index in [-0.39, 0.29) is 5.56 Å². The maximum atomic E-state index is 13.8. The van der Waals surface area contributed by atoms with Gasteiger partial charge in [-0.25, -0.2) is 18.9 Å². The van der Waals surface area contributed by atoms with E-state index in [0.717, 1.165) is 61.1 Å². The van der Waals surface area contributed by atoms with Gasteiger partial charge < -0.3 is 5.11 Å². The van der Waals surface area contributed by atoms with E-state index in [9.17, 15) is 40.6 Å². The zero-order valence-corrected chi connectivity index (χ0v) is 18.2. The van der Waals surface area contributed by atoms with Crippen LogP contribution in [0.25, 0.3) is 34.5 Å². The predicted molar refractivity (Wildman–Crippen MR) is 117 cm³/mol. The first kappa shape index (κ1) is 25.5. The van der Waals surface area contributed by atoms with Gasteiger partial charge in [0, 0.05) is 29.1 Å². The third-order valence-electron chi connectivity index (χ3n) is 5.08. The Balaban J connectivity index is 2.03. The Bertz CT molecular complexity index is 1510. The molecule has 1 N–H and O–H groups in total. The van der Waals surface area contributed by atoms with Gasteiger partial charge in [0.1, 0.15) is 5.82 Å². The number of hydrogen-bond acceptors (Lipinski definition) is 4. The molecule has 0 amide bonds. The minimum absolute atomic E-state index is 0.268. The van der Waals surface area contributed by atoms with Crippen molar-refractivity contribution in [1.82, 2.24) is 19.7 Å². The summed E-state index contributed by atoms with van der Waals surface area (Å²) in [5.41, 5.74) is -4.38. The van der Waals surface area contributed by atoms with Gasteiger partial charge in [-0.05, 0) is 18.2 Å². The summed E-state index contributed by atoms with van der Waals surface area (Å²) in [5, 5.41) is 13.6. The fourth-order valence-electron chi connectivity index (χ4n) is 3.50. The maximum Gasteiger partial charge on any atom is 0.417 e. The van der Waals surface area contributed by atoms with E-state index in [4.69, 9.17) is 0 Å². The number of hydrogen-bond donors (Lipinski definition) is 1. The van der Waals surface area contributed by atoms with Crippen LogP contribution in [-0.2, 0) is 17.1 Å². The van der Waals surface area contributed by atoms with Gasteiger partial charge in [-0.2, -0.15) is 26.3 Å². The molecule has 0 aliphatic rings. The first-order valence-electron chi connectivity index (χ1n) is 10.2. The molecule has 4 rings (SSSR count). The van der Waals surface area contributed by atoms with Crippen molar-refractivity contribution in [2.75, 3.05) is 0 Å². The summed E-state index contributed by atoms with van der Waals surface area (Å²) >= 11 is 0. The molecule has 13 heteroatoms. The summed E-state index contributed by atoms with van der Waals surface area (Å²) < 4.78 is 96.4. The molecule has 0 radical (unpaired) electrons. The lowest BCUT2D eigenvalue weighted by molar-refractivity contribution is -0.137. The molecule has 4 aromatic rings. The van der Waals surface area contributed by atoms with Gasteiger partial charge in [0.15, 0.2) is 11.6 Å². The number of pyridine rings is 1. The first-order valence-corrected chi connectivity index (χ1v) is 10.2. The van der Waals surface area contributed by atoms with Crippen LogP contribution < -0.4 is 0 Å². The molecule has 0 unspecified atom stereocenters. The minimum Gasteiger partial charge on any atom is -0.478 e. The van der Waals surface area contributed by atoms with E-state index < -0.39 is 63.6 Å². The second-order valence-electron chi connectivity index (χ2n) is 7.53. The Kier molecular flexibility index (Phi) is 6.55. The zero-order chi connectivity index (χ0) is 27.0. The number of alkyl halides is 6. The van der Waals surface area contributed by atoms with Crippen LogP contribution in [-0.4, -0.2) is 30.8 Å². The molecule has 0 aliphatic carbocycles. The predicted octanol–water partition coefficient (Wildman–Crippen LogP) is 6.27. The van der Waals surface area contributed by atoms with Crippen molar-refractivity contribution in [1.29, 1.82) is 0 Å². The lowest BCUT2D eigenvalue weighted by Gasteiger charge is -2.12. The number of aromatic nitrogens is 4. The number of aliphatic carboxylic acids is 1. The molecule has 0 spiro atoms. The molecule has 0 saturated heterocycles. The van der Waals surface area contributed by atoms with Gasteiger partial charge in [-0.1, -0.05) is 36.4 Å². The number of halogens is 7. The van der Waals surface area contributed by atoms with Crippen molar-refractivity contribution >= 4 is 17.7 Å². The zero-order valence-electron chi connectivity index (χ0n) is 18.2. The van der Waals surface area contributed by atoms with Gasteiger partial charge in [0.05, 0.1) is 22.9 Å². The molecule has 2 aromatic heterocycles. The molecule has 6 nitrogen and oxygen atoms in total. The van der Waals surface area contributed by atoms with Crippen molar-refractivity contribution in [3.05, 3.63) is 89.5 Å². The normalized spacial score (nSPS) is 12.6. The highest BCUT2D eigenvalue weighted by Crippen LogP contribution is 2.39. The molecule has 0 fully saturated rings. The third kappa shape index (κ3) is 5.34. The van der Waals surface area contributed by atoms with Crippen molar-refractivity contribution in [3.8, 4) is 22.8 Å². The Morgan fingerprint density at radius 2 is 1.43 bits per heavy atom. The number of nitrogens with zero attached hydrogens (tertiary/aromatic N) is 4. The smallest absolute Gasteiger partial charge is 0.417 e. The van der Waals surface area contributed by atoms with Crippen LogP contribution in [0.2, 0.25) is 0 Å². The fraction of sp³-hybridized carbons (Fsp3) is 0.0833. The van der Waals surface area contributed by atoms with Crippen molar-refractivity contribution in [3.63, 3.8) is 0 Å². The van der Waals surface area contributed by atoms with Crippen LogP contribution in [0.3, 0.4) is 0 Å². The lowest BCUT2D eigenvalue weighted by Crippen LogP contribution is -2.09. The minimum atomic E-state index is -4.89. The van der Waals surface area contributed by atoms with Gasteiger partial charge in [-0.15, -0.1) is 5.10 Å². The average Bonchev–Trinajstić information content (AvgIpc) is 3.25. The van der Waals surface area contributed by atoms with E-state index in [1.165, 1.54) is 12.1 Å². The summed E-state index contributed by atoms with van der Waals surface area (Å²) in [6.45, 7) is 0. The second-order valence-corrected chi connectivity index (χ2v) is 7.53. The van der Waals surface area contributed by atoms with Crippen LogP contribution in [0, 0.1) is 5.82 Å². The van der Waals surface area contributed by atoms with Crippen LogP contribution in [0.15, 0.2) is 67.0 Å². The molecule has 0 bridgehead atoms. The van der Waals surface area contributed by atoms with Gasteiger partial charge >= 0.3 is 18.3 Å². The van der Waals surface area contributed by atoms with Gasteiger partial charge in [-0.3, -0.25) is 4.98 Å². The van der Waals surface area contributed by atoms with Crippen molar-refractivity contribution in [2.24, 2.45) is 0 Å². The van der Waals surface area contributed by atoms with Crippen LogP contribution in [0.1, 0.15) is 16.7 Å². The summed E-state index contributed by atoms with van der Waals surface area (Å²) in [6.07, 6.45) is -7.21. The van der Waals surface area contributed by atoms with E-state index >= 15 is 0 Å². The Labute approximate surface area is 203 Å². The van der Waals surface area contributed by atoms with Crippen LogP contribution in [0.5, 0.6) is 0 Å². The summed E-state index contributed by atoms with van der Waals surface area (Å²) in [4.78, 5) is 19.4. The average molecular weight is 522 g/mol. The lowest BCUT2D eigenvalue weighted by atomic mass is 10.1. The maximum absolute atomic E-state index is 13.8. The van der Waals surface area contributed by atoms with E-state index in [0.29, 0.717) is 4.68 Å². The number of carbonyl (C=O) groups is 1. The van der Waals surface area contributed by atoms with E-state index in [1.807, 2.05) is 0 Å². The molecule has 0 saturated carbocycles. The largest absolute Gasteiger partial charge is 0.478 e. The Hall–Kier alpha value is -4.55. The van der Waals surface area contributed by atoms with E-state index in [2.05, 4.69) is 15.1 Å². The highest BCUT2D eigenvalue weighted by molar-refractivity contribution is 6.19. The Morgan fingerprint density at radius 1 is 0.865 bits per heavy atom. The van der Waals surface area contributed by atoms with Crippen LogP contribution >= 0.6 is 0 Å². The molecule has 2 aromatic carbocycles. The molecular weight excluding hydrogens is 509 g/mol. The summed E-state index contributed by atoms with van der Waals surface area (Å²) in [6, 6.07) is 9.05.